The predicted molar refractivity (Wildman–Crippen MR) is 109 cm³/mol. The van der Waals surface area contributed by atoms with Crippen LogP contribution < -0.4 is 9.62 Å². The van der Waals surface area contributed by atoms with Crippen molar-refractivity contribution in [1.82, 2.24) is 0 Å². The smallest absolute Gasteiger partial charge is 0.341 e. The van der Waals surface area contributed by atoms with Gasteiger partial charge in [-0.05, 0) is 78.9 Å². The maximum absolute atomic E-state index is 12.7. The summed E-state index contributed by atoms with van der Waals surface area (Å²) in [6, 6.07) is 21.7. The Morgan fingerprint density at radius 1 is 0.893 bits per heavy atom. The van der Waals surface area contributed by atoms with Crippen LogP contribution >= 0.6 is 11.9 Å². The summed E-state index contributed by atoms with van der Waals surface area (Å²) in [6.07, 6.45) is -2.11. The van der Waals surface area contributed by atoms with Crippen LogP contribution in [-0.4, -0.2) is 6.54 Å². The number of anilines is 3. The van der Waals surface area contributed by atoms with Crippen molar-refractivity contribution in [3.05, 3.63) is 83.9 Å². The van der Waals surface area contributed by atoms with Crippen molar-refractivity contribution in [2.45, 2.75) is 23.9 Å². The highest BCUT2D eigenvalue weighted by Gasteiger charge is 2.29. The van der Waals surface area contributed by atoms with Crippen LogP contribution in [0.3, 0.4) is 0 Å². The third kappa shape index (κ3) is 4.12. The van der Waals surface area contributed by atoms with Crippen molar-refractivity contribution < 1.29 is 13.2 Å². The van der Waals surface area contributed by atoms with Crippen LogP contribution in [0.4, 0.5) is 30.2 Å². The molecule has 6 heteroatoms. The first-order valence-electron chi connectivity index (χ1n) is 9.06. The Kier molecular flexibility index (Phi) is 5.22. The van der Waals surface area contributed by atoms with E-state index in [1.165, 1.54) is 35.3 Å². The standard InChI is InChI=1S/C22H19F3N2S/c23-22(24,25)17-10-12-20(13-11-17)28-26-18-7-3-8-19(15-18)27-14-4-6-16-5-1-2-9-21(16)27/h1-3,5,7-13,15,26H,4,6,14H2. The minimum Gasteiger partial charge on any atom is -0.341 e. The summed E-state index contributed by atoms with van der Waals surface area (Å²) in [6.45, 7) is 0.965. The Bertz CT molecular complexity index is 954. The van der Waals surface area contributed by atoms with Crippen molar-refractivity contribution >= 4 is 29.0 Å². The molecule has 3 aromatic rings. The highest BCUT2D eigenvalue weighted by Crippen LogP contribution is 2.35. The Morgan fingerprint density at radius 3 is 2.46 bits per heavy atom. The van der Waals surface area contributed by atoms with E-state index in [1.807, 2.05) is 12.1 Å². The van der Waals surface area contributed by atoms with E-state index in [-0.39, 0.29) is 0 Å². The lowest BCUT2D eigenvalue weighted by Gasteiger charge is -2.31. The van der Waals surface area contributed by atoms with Gasteiger partial charge in [-0.15, -0.1) is 0 Å². The largest absolute Gasteiger partial charge is 0.416 e. The van der Waals surface area contributed by atoms with Gasteiger partial charge in [0.25, 0.3) is 0 Å². The average Bonchev–Trinajstić information content (AvgIpc) is 2.72. The minimum atomic E-state index is -4.31. The molecule has 4 rings (SSSR count). The van der Waals surface area contributed by atoms with E-state index in [2.05, 4.69) is 46.0 Å². The lowest BCUT2D eigenvalue weighted by molar-refractivity contribution is -0.137. The molecule has 3 aromatic carbocycles. The number of para-hydroxylation sites is 1. The quantitative estimate of drug-likeness (QED) is 0.479. The SMILES string of the molecule is FC(F)(F)c1ccc(SNc2cccc(N3CCCc4ccccc43)c2)cc1. The third-order valence-electron chi connectivity index (χ3n) is 4.74. The fourth-order valence-corrected chi connectivity index (χ4v) is 4.00. The molecule has 0 radical (unpaired) electrons. The van der Waals surface area contributed by atoms with Gasteiger partial charge in [-0.3, -0.25) is 0 Å². The van der Waals surface area contributed by atoms with Gasteiger partial charge in [0.1, 0.15) is 0 Å². The third-order valence-corrected chi connectivity index (χ3v) is 5.58. The molecule has 0 saturated heterocycles. The summed E-state index contributed by atoms with van der Waals surface area (Å²) in [5.41, 5.74) is 3.96. The van der Waals surface area contributed by atoms with Gasteiger partial charge in [-0.2, -0.15) is 13.2 Å². The van der Waals surface area contributed by atoms with E-state index in [0.29, 0.717) is 0 Å². The molecule has 2 nitrogen and oxygen atoms in total. The second kappa shape index (κ2) is 7.80. The zero-order valence-corrected chi connectivity index (χ0v) is 15.9. The Morgan fingerprint density at radius 2 is 1.68 bits per heavy atom. The predicted octanol–water partition coefficient (Wildman–Crippen LogP) is 6.91. The highest BCUT2D eigenvalue weighted by atomic mass is 32.2. The minimum absolute atomic E-state index is 0.636. The van der Waals surface area contributed by atoms with Crippen LogP contribution in [-0.2, 0) is 12.6 Å². The van der Waals surface area contributed by atoms with Crippen LogP contribution in [0.1, 0.15) is 17.5 Å². The Balaban J connectivity index is 1.48. The number of hydrogen-bond donors (Lipinski definition) is 1. The summed E-state index contributed by atoms with van der Waals surface area (Å²) in [5, 5.41) is 0. The van der Waals surface area contributed by atoms with Crippen molar-refractivity contribution in [1.29, 1.82) is 0 Å². The molecule has 0 amide bonds. The van der Waals surface area contributed by atoms with E-state index >= 15 is 0 Å². The molecule has 0 bridgehead atoms. The number of hydrogen-bond acceptors (Lipinski definition) is 3. The van der Waals surface area contributed by atoms with E-state index in [1.54, 1.807) is 0 Å². The fourth-order valence-electron chi connectivity index (χ4n) is 3.37. The summed E-state index contributed by atoms with van der Waals surface area (Å²) in [5.74, 6) is 0. The van der Waals surface area contributed by atoms with Gasteiger partial charge in [-0.25, -0.2) is 0 Å². The van der Waals surface area contributed by atoms with Gasteiger partial charge in [0, 0.05) is 28.5 Å². The van der Waals surface area contributed by atoms with Gasteiger partial charge in [-0.1, -0.05) is 24.3 Å². The summed E-state index contributed by atoms with van der Waals surface area (Å²) < 4.78 is 41.2. The molecule has 1 heterocycles. The molecule has 0 aromatic heterocycles. The summed E-state index contributed by atoms with van der Waals surface area (Å²) in [7, 11) is 0. The van der Waals surface area contributed by atoms with Crippen molar-refractivity contribution in [2.75, 3.05) is 16.2 Å². The fraction of sp³-hybridized carbons (Fsp3) is 0.182. The molecular weight excluding hydrogens is 381 g/mol. The lowest BCUT2D eigenvalue weighted by Crippen LogP contribution is -2.24. The molecule has 1 aliphatic heterocycles. The summed E-state index contributed by atoms with van der Waals surface area (Å²) >= 11 is 1.30. The molecule has 0 saturated carbocycles. The molecule has 144 valence electrons. The summed E-state index contributed by atoms with van der Waals surface area (Å²) in [4.78, 5) is 3.04. The molecule has 0 fully saturated rings. The van der Waals surface area contributed by atoms with Crippen LogP contribution in [0.5, 0.6) is 0 Å². The van der Waals surface area contributed by atoms with Crippen LogP contribution in [0.2, 0.25) is 0 Å². The van der Waals surface area contributed by atoms with E-state index < -0.39 is 11.7 Å². The molecule has 0 atom stereocenters. The van der Waals surface area contributed by atoms with Crippen molar-refractivity contribution in [3.63, 3.8) is 0 Å². The van der Waals surface area contributed by atoms with Gasteiger partial charge >= 0.3 is 6.18 Å². The molecular formula is C22H19F3N2S. The van der Waals surface area contributed by atoms with Crippen molar-refractivity contribution in [2.24, 2.45) is 0 Å². The van der Waals surface area contributed by atoms with Crippen LogP contribution in [0.25, 0.3) is 0 Å². The van der Waals surface area contributed by atoms with Crippen molar-refractivity contribution in [3.8, 4) is 0 Å². The maximum Gasteiger partial charge on any atom is 0.416 e. The van der Waals surface area contributed by atoms with Gasteiger partial charge in [0.05, 0.1) is 5.56 Å². The number of fused-ring (bicyclic) bond motifs is 1. The van der Waals surface area contributed by atoms with Gasteiger partial charge < -0.3 is 9.62 Å². The first-order valence-corrected chi connectivity index (χ1v) is 9.88. The molecule has 0 aliphatic carbocycles. The number of alkyl halides is 3. The monoisotopic (exact) mass is 400 g/mol. The first kappa shape index (κ1) is 18.7. The number of nitrogens with zero attached hydrogens (tertiary/aromatic N) is 1. The second-order valence-electron chi connectivity index (χ2n) is 6.66. The number of rotatable bonds is 4. The molecule has 1 aliphatic rings. The van der Waals surface area contributed by atoms with E-state index in [9.17, 15) is 13.2 Å². The molecule has 1 N–H and O–H groups in total. The molecule has 28 heavy (non-hydrogen) atoms. The number of aryl methyl sites for hydroxylation is 1. The number of benzene rings is 3. The molecule has 0 unspecified atom stereocenters. The second-order valence-corrected chi connectivity index (χ2v) is 7.54. The normalized spacial score (nSPS) is 13.9. The maximum atomic E-state index is 12.7. The molecule has 0 spiro atoms. The Labute approximate surface area is 166 Å². The van der Waals surface area contributed by atoms with Crippen LogP contribution in [0, 0.1) is 0 Å². The lowest BCUT2D eigenvalue weighted by atomic mass is 10.0. The first-order chi connectivity index (χ1) is 13.5. The van der Waals surface area contributed by atoms with Gasteiger partial charge in [0.15, 0.2) is 0 Å². The number of halogens is 3. The van der Waals surface area contributed by atoms with Gasteiger partial charge in [0.2, 0.25) is 0 Å². The number of nitrogens with one attached hydrogen (secondary N) is 1. The average molecular weight is 400 g/mol. The van der Waals surface area contributed by atoms with E-state index in [0.717, 1.165) is 47.8 Å². The Hall–Kier alpha value is -2.60. The zero-order chi connectivity index (χ0) is 19.6. The van der Waals surface area contributed by atoms with E-state index in [4.69, 9.17) is 0 Å². The topological polar surface area (TPSA) is 15.3 Å². The van der Waals surface area contributed by atoms with Crippen LogP contribution in [0.15, 0.2) is 77.7 Å². The zero-order valence-electron chi connectivity index (χ0n) is 15.0. The highest BCUT2D eigenvalue weighted by molar-refractivity contribution is 8.00.